The van der Waals surface area contributed by atoms with E-state index in [-0.39, 0.29) is 55.5 Å². The Morgan fingerprint density at radius 1 is 0.559 bits per heavy atom. The Kier molecular flexibility index (Phi) is 17.3. The Hall–Kier alpha value is -5.29. The van der Waals surface area contributed by atoms with E-state index in [0.717, 1.165) is 76.3 Å². The molecule has 2 saturated heterocycles. The summed E-state index contributed by atoms with van der Waals surface area (Å²) < 4.78 is 48.0. The van der Waals surface area contributed by atoms with Gasteiger partial charge in [0.25, 0.3) is 11.8 Å². The number of amides is 2. The highest BCUT2D eigenvalue weighted by Crippen LogP contribution is 2.27. The van der Waals surface area contributed by atoms with Crippen LogP contribution < -0.4 is 19.5 Å². The Morgan fingerprint density at radius 3 is 1.53 bits per heavy atom. The molecule has 4 aromatic rings. The molecule has 14 nitrogen and oxygen atoms in total. The maximum atomic E-state index is 14.2. The van der Waals surface area contributed by atoms with Crippen LogP contribution in [0, 0.1) is 5.82 Å². The molecule has 2 fully saturated rings. The highest BCUT2D eigenvalue weighted by molar-refractivity contribution is 6.06. The van der Waals surface area contributed by atoms with Crippen molar-refractivity contribution in [2.45, 2.75) is 0 Å². The van der Waals surface area contributed by atoms with Crippen LogP contribution in [0.2, 0.25) is 0 Å². The average Bonchev–Trinajstić information content (AvgIpc) is 3.26. The smallest absolute Gasteiger partial charge is 0.285 e. The molecule has 0 atom stereocenters. The van der Waals surface area contributed by atoms with Gasteiger partial charge in [0, 0.05) is 39.3 Å². The predicted octanol–water partition coefficient (Wildman–Crippen LogP) is 5.23. The van der Waals surface area contributed by atoms with Crippen LogP contribution in [-0.2, 0) is 28.5 Å². The van der Waals surface area contributed by atoms with E-state index >= 15 is 0 Å². The first-order chi connectivity index (χ1) is 28.0. The van der Waals surface area contributed by atoms with Crippen LogP contribution in [0.25, 0.3) is 0 Å². The molecule has 2 amide bonds. The second-order valence-corrected chi connectivity index (χ2v) is 13.2. The summed E-state index contributed by atoms with van der Waals surface area (Å²) in [6.45, 7) is 9.03. The fourth-order valence-electron chi connectivity index (χ4n) is 6.34. The third-order valence-corrected chi connectivity index (χ3v) is 9.37. The summed E-state index contributed by atoms with van der Waals surface area (Å²) in [7, 11) is 0. The number of carbonyl (C=O) groups excluding carboxylic acids is 2. The summed E-state index contributed by atoms with van der Waals surface area (Å²) in [6, 6.07) is 30.2. The van der Waals surface area contributed by atoms with Gasteiger partial charge in [0.2, 0.25) is 11.8 Å². The zero-order valence-electron chi connectivity index (χ0n) is 32.4. The first kappa shape index (κ1) is 44.8. The molecule has 0 unspecified atom stereocenters. The SMILES string of the molecule is Cl.Cl.O=C1COC(c2ccccc2OCCN2CCOCC2)=NN1c1ccccc1.O=C1COC(c2ccccc2OCCN2CCOCC2)=NN1c1ccccc1F. The molecule has 314 valence electrons. The zero-order chi connectivity index (χ0) is 39.2. The maximum Gasteiger partial charge on any atom is 0.285 e. The molecule has 17 heteroatoms. The summed E-state index contributed by atoms with van der Waals surface area (Å²) in [4.78, 5) is 29.1. The lowest BCUT2D eigenvalue weighted by Gasteiger charge is -2.27. The van der Waals surface area contributed by atoms with Gasteiger partial charge in [0.15, 0.2) is 13.2 Å². The largest absolute Gasteiger partial charge is 0.491 e. The van der Waals surface area contributed by atoms with Crippen molar-refractivity contribution in [2.24, 2.45) is 10.2 Å². The van der Waals surface area contributed by atoms with E-state index in [0.29, 0.717) is 41.9 Å². The number of morpholine rings is 2. The summed E-state index contributed by atoms with van der Waals surface area (Å²) >= 11 is 0. The Balaban J connectivity index is 0.000000217. The fraction of sp³-hybridized carbons (Fsp3) is 0.333. The molecule has 4 aliphatic heterocycles. The van der Waals surface area contributed by atoms with Gasteiger partial charge in [0.05, 0.1) is 43.2 Å². The molecule has 59 heavy (non-hydrogen) atoms. The van der Waals surface area contributed by atoms with Crippen molar-refractivity contribution in [3.8, 4) is 11.5 Å². The molecule has 0 spiro atoms. The molecule has 0 bridgehead atoms. The van der Waals surface area contributed by atoms with Crippen molar-refractivity contribution in [3.63, 3.8) is 0 Å². The maximum absolute atomic E-state index is 14.2. The predicted molar refractivity (Wildman–Crippen MR) is 226 cm³/mol. The number of rotatable bonds is 12. The Morgan fingerprint density at radius 2 is 1.00 bits per heavy atom. The first-order valence-corrected chi connectivity index (χ1v) is 19.0. The van der Waals surface area contributed by atoms with Crippen LogP contribution in [0.4, 0.5) is 15.8 Å². The van der Waals surface area contributed by atoms with Gasteiger partial charge in [-0.2, -0.15) is 10.0 Å². The van der Waals surface area contributed by atoms with Crippen LogP contribution >= 0.6 is 24.8 Å². The minimum atomic E-state index is -0.527. The summed E-state index contributed by atoms with van der Waals surface area (Å²) in [5.74, 6) is 0.714. The average molecular weight is 854 g/mol. The van der Waals surface area contributed by atoms with E-state index < -0.39 is 11.7 Å². The number of para-hydroxylation sites is 4. The van der Waals surface area contributed by atoms with Crippen molar-refractivity contribution in [3.05, 3.63) is 120 Å². The van der Waals surface area contributed by atoms with Crippen LogP contribution in [-0.4, -0.2) is 126 Å². The van der Waals surface area contributed by atoms with Gasteiger partial charge in [-0.25, -0.2) is 4.39 Å². The van der Waals surface area contributed by atoms with E-state index in [2.05, 4.69) is 20.0 Å². The first-order valence-electron chi connectivity index (χ1n) is 19.0. The van der Waals surface area contributed by atoms with E-state index in [1.165, 1.54) is 17.1 Å². The van der Waals surface area contributed by atoms with Gasteiger partial charge in [-0.3, -0.25) is 19.4 Å². The summed E-state index contributed by atoms with van der Waals surface area (Å²) in [6.07, 6.45) is 0. The summed E-state index contributed by atoms with van der Waals surface area (Å²) in [5.41, 5.74) is 2.14. The highest BCUT2D eigenvalue weighted by Gasteiger charge is 2.28. The minimum Gasteiger partial charge on any atom is -0.491 e. The molecule has 0 N–H and O–H groups in total. The lowest BCUT2D eigenvalue weighted by atomic mass is 10.2. The lowest BCUT2D eigenvalue weighted by molar-refractivity contribution is -0.122. The normalized spacial score (nSPS) is 17.1. The second-order valence-electron chi connectivity index (χ2n) is 13.2. The van der Waals surface area contributed by atoms with Gasteiger partial charge in [-0.15, -0.1) is 35.0 Å². The molecule has 4 heterocycles. The standard InChI is InChI=1S/C21H22FN3O4.C21H23N3O4.2ClH/c22-17-6-2-3-7-18(17)25-20(26)15-29-21(23-25)16-5-1-4-8-19(16)28-14-11-24-9-12-27-13-10-24;25-20-16-28-21(22-24(20)17-6-2-1-3-7-17)18-8-4-5-9-19(18)27-15-12-23-10-13-26-14-11-23;;/h1-8H,9-15H2;1-9H,10-16H2;2*1H. The third-order valence-electron chi connectivity index (χ3n) is 9.37. The number of hydrogen-bond acceptors (Lipinski definition) is 12. The molecule has 4 aliphatic rings. The Labute approximate surface area is 354 Å². The number of anilines is 2. The van der Waals surface area contributed by atoms with Gasteiger partial charge in [0.1, 0.15) is 36.2 Å². The number of ether oxygens (including phenoxy) is 6. The van der Waals surface area contributed by atoms with Gasteiger partial charge >= 0.3 is 0 Å². The number of nitrogens with zero attached hydrogens (tertiary/aromatic N) is 6. The molecule has 0 radical (unpaired) electrons. The molecular weight excluding hydrogens is 806 g/mol. The number of carbonyl (C=O) groups is 2. The molecule has 4 aromatic carbocycles. The van der Waals surface area contributed by atoms with Crippen molar-refractivity contribution >= 4 is 59.8 Å². The van der Waals surface area contributed by atoms with Gasteiger partial charge in [-0.1, -0.05) is 54.6 Å². The molecule has 0 saturated carbocycles. The highest BCUT2D eigenvalue weighted by atomic mass is 35.5. The molecule has 0 aromatic heterocycles. The molecular formula is C42H47Cl2FN6O8. The van der Waals surface area contributed by atoms with Crippen molar-refractivity contribution in [1.82, 2.24) is 9.80 Å². The topological polar surface area (TPSA) is 127 Å². The number of benzene rings is 4. The van der Waals surface area contributed by atoms with Crippen molar-refractivity contribution < 1.29 is 42.4 Å². The second kappa shape index (κ2) is 22.8. The molecule has 8 rings (SSSR count). The number of hydrazone groups is 2. The van der Waals surface area contributed by atoms with Crippen molar-refractivity contribution in [1.29, 1.82) is 0 Å². The Bertz CT molecular complexity index is 2040. The number of halogens is 3. The van der Waals surface area contributed by atoms with E-state index in [9.17, 15) is 14.0 Å². The van der Waals surface area contributed by atoms with Crippen molar-refractivity contribution in [2.75, 3.05) is 102 Å². The van der Waals surface area contributed by atoms with E-state index in [1.807, 2.05) is 72.8 Å². The van der Waals surface area contributed by atoms with Crippen LogP contribution in [0.3, 0.4) is 0 Å². The zero-order valence-corrected chi connectivity index (χ0v) is 34.0. The molecule has 0 aliphatic carbocycles. The summed E-state index contributed by atoms with van der Waals surface area (Å²) in [5, 5.41) is 11.1. The van der Waals surface area contributed by atoms with Crippen LogP contribution in [0.5, 0.6) is 11.5 Å². The number of hydrogen-bond donors (Lipinski definition) is 0. The van der Waals surface area contributed by atoms with Crippen LogP contribution in [0.1, 0.15) is 11.1 Å². The van der Waals surface area contributed by atoms with Gasteiger partial charge < -0.3 is 28.4 Å². The van der Waals surface area contributed by atoms with E-state index in [4.69, 9.17) is 28.4 Å². The minimum absolute atomic E-state index is 0. The van der Waals surface area contributed by atoms with Crippen LogP contribution in [0.15, 0.2) is 113 Å². The quantitative estimate of drug-likeness (QED) is 0.187. The van der Waals surface area contributed by atoms with Gasteiger partial charge in [-0.05, 0) is 48.5 Å². The third kappa shape index (κ3) is 12.1. The monoisotopic (exact) mass is 852 g/mol. The fourth-order valence-corrected chi connectivity index (χ4v) is 6.34. The lowest BCUT2D eigenvalue weighted by Crippen LogP contribution is -2.39. The van der Waals surface area contributed by atoms with E-state index in [1.54, 1.807) is 18.2 Å².